The summed E-state index contributed by atoms with van der Waals surface area (Å²) in [6, 6.07) is 11.0. The molecule has 0 radical (unpaired) electrons. The van der Waals surface area contributed by atoms with E-state index in [9.17, 15) is 0 Å². The molecule has 0 bridgehead atoms. The lowest BCUT2D eigenvalue weighted by molar-refractivity contribution is -0.0251. The fourth-order valence-electron chi connectivity index (χ4n) is 2.40. The van der Waals surface area contributed by atoms with Crippen LogP contribution in [0, 0.1) is 5.92 Å². The summed E-state index contributed by atoms with van der Waals surface area (Å²) in [6.07, 6.45) is 3.06. The van der Waals surface area contributed by atoms with Gasteiger partial charge in [-0.05, 0) is 31.0 Å². The van der Waals surface area contributed by atoms with Crippen molar-refractivity contribution in [2.24, 2.45) is 5.92 Å². The minimum atomic E-state index is 0.471. The second-order valence-corrected chi connectivity index (χ2v) is 4.83. The van der Waals surface area contributed by atoms with E-state index in [4.69, 9.17) is 4.84 Å². The van der Waals surface area contributed by atoms with Gasteiger partial charge in [0.1, 0.15) is 0 Å². The van der Waals surface area contributed by atoms with Gasteiger partial charge in [-0.2, -0.15) is 0 Å². The lowest BCUT2D eigenvalue weighted by Gasteiger charge is -2.36. The van der Waals surface area contributed by atoms with Gasteiger partial charge in [-0.3, -0.25) is 0 Å². The zero-order chi connectivity index (χ0) is 12.8. The fraction of sp³-hybridized carbons (Fsp3) is 0.467. The fourth-order valence-corrected chi connectivity index (χ4v) is 2.40. The van der Waals surface area contributed by atoms with E-state index >= 15 is 0 Å². The summed E-state index contributed by atoms with van der Waals surface area (Å²) in [5.41, 5.74) is 4.32. The summed E-state index contributed by atoms with van der Waals surface area (Å²) in [5.74, 6) is 0.612. The molecule has 3 heteroatoms. The monoisotopic (exact) mass is 246 g/mol. The maximum Gasteiger partial charge on any atom is 0.0686 e. The molecule has 2 unspecified atom stereocenters. The highest BCUT2D eigenvalue weighted by Crippen LogP contribution is 2.19. The van der Waals surface area contributed by atoms with Gasteiger partial charge in [-0.15, -0.1) is 0 Å². The van der Waals surface area contributed by atoms with Crippen LogP contribution in [0.25, 0.3) is 0 Å². The SMILES string of the molecule is C=CN(Cc1ccccc1)C(C)C1CCONC1. The molecule has 3 nitrogen and oxygen atoms in total. The molecule has 0 aliphatic carbocycles. The number of nitrogens with one attached hydrogen (secondary N) is 1. The Hall–Kier alpha value is -1.32. The molecule has 1 aromatic rings. The highest BCUT2D eigenvalue weighted by Gasteiger charge is 2.23. The van der Waals surface area contributed by atoms with Crippen molar-refractivity contribution in [3.8, 4) is 0 Å². The van der Waals surface area contributed by atoms with Crippen LogP contribution in [0.3, 0.4) is 0 Å². The van der Waals surface area contributed by atoms with E-state index in [0.717, 1.165) is 26.1 Å². The third kappa shape index (κ3) is 3.34. The first-order valence-electron chi connectivity index (χ1n) is 6.58. The molecule has 2 rings (SSSR count). The highest BCUT2D eigenvalue weighted by atomic mass is 16.6. The van der Waals surface area contributed by atoms with Crippen molar-refractivity contribution >= 4 is 0 Å². The first-order valence-corrected chi connectivity index (χ1v) is 6.58. The van der Waals surface area contributed by atoms with E-state index in [2.05, 4.69) is 48.1 Å². The van der Waals surface area contributed by atoms with Crippen molar-refractivity contribution in [3.63, 3.8) is 0 Å². The van der Waals surface area contributed by atoms with Crippen LogP contribution in [-0.4, -0.2) is 24.1 Å². The molecular weight excluding hydrogens is 224 g/mol. The third-order valence-electron chi connectivity index (χ3n) is 3.69. The summed E-state index contributed by atoms with van der Waals surface area (Å²) in [7, 11) is 0. The normalized spacial score (nSPS) is 21.3. The van der Waals surface area contributed by atoms with Crippen molar-refractivity contribution in [2.45, 2.75) is 25.9 Å². The summed E-state index contributed by atoms with van der Waals surface area (Å²) in [5, 5.41) is 0. The van der Waals surface area contributed by atoms with E-state index in [1.807, 2.05) is 12.3 Å². The lowest BCUT2D eigenvalue weighted by atomic mass is 9.95. The summed E-state index contributed by atoms with van der Waals surface area (Å²) < 4.78 is 0. The predicted octanol–water partition coefficient (Wildman–Crippen LogP) is 2.56. The van der Waals surface area contributed by atoms with Crippen LogP contribution in [0.1, 0.15) is 18.9 Å². The number of rotatable bonds is 5. The second-order valence-electron chi connectivity index (χ2n) is 4.83. The Labute approximate surface area is 109 Å². The van der Waals surface area contributed by atoms with Gasteiger partial charge in [0.15, 0.2) is 0 Å². The number of hydrogen-bond donors (Lipinski definition) is 1. The van der Waals surface area contributed by atoms with Crippen molar-refractivity contribution < 1.29 is 4.84 Å². The quantitative estimate of drug-likeness (QED) is 0.864. The van der Waals surface area contributed by atoms with Crippen molar-refractivity contribution in [1.82, 2.24) is 10.4 Å². The molecule has 0 spiro atoms. The average Bonchev–Trinajstić information content (AvgIpc) is 2.46. The molecule has 1 saturated heterocycles. The van der Waals surface area contributed by atoms with Crippen LogP contribution in [0.15, 0.2) is 43.1 Å². The van der Waals surface area contributed by atoms with E-state index in [1.165, 1.54) is 5.56 Å². The topological polar surface area (TPSA) is 24.5 Å². The number of benzene rings is 1. The van der Waals surface area contributed by atoms with Gasteiger partial charge in [0, 0.05) is 19.1 Å². The van der Waals surface area contributed by atoms with Crippen LogP contribution >= 0.6 is 0 Å². The molecule has 0 saturated carbocycles. The first-order chi connectivity index (χ1) is 8.81. The number of hydroxylamine groups is 1. The summed E-state index contributed by atoms with van der Waals surface area (Å²) >= 11 is 0. The molecule has 0 amide bonds. The van der Waals surface area contributed by atoms with Gasteiger partial charge < -0.3 is 9.74 Å². The number of hydrogen-bond acceptors (Lipinski definition) is 3. The Morgan fingerprint density at radius 1 is 1.50 bits per heavy atom. The minimum absolute atomic E-state index is 0.471. The predicted molar refractivity (Wildman–Crippen MR) is 73.7 cm³/mol. The Balaban J connectivity index is 1.97. The van der Waals surface area contributed by atoms with Gasteiger partial charge in [-0.25, -0.2) is 5.48 Å². The van der Waals surface area contributed by atoms with Crippen molar-refractivity contribution in [1.29, 1.82) is 0 Å². The molecule has 1 N–H and O–H groups in total. The van der Waals surface area contributed by atoms with E-state index in [0.29, 0.717) is 12.0 Å². The largest absolute Gasteiger partial charge is 0.371 e. The van der Waals surface area contributed by atoms with Crippen LogP contribution in [-0.2, 0) is 11.4 Å². The van der Waals surface area contributed by atoms with Crippen LogP contribution < -0.4 is 5.48 Å². The molecule has 1 aliphatic rings. The third-order valence-corrected chi connectivity index (χ3v) is 3.69. The van der Waals surface area contributed by atoms with E-state index < -0.39 is 0 Å². The first kappa shape index (κ1) is 13.1. The molecule has 1 aromatic carbocycles. The second kappa shape index (κ2) is 6.57. The maximum absolute atomic E-state index is 5.19. The molecular formula is C15H22N2O. The van der Waals surface area contributed by atoms with Crippen molar-refractivity contribution in [2.75, 3.05) is 13.2 Å². The lowest BCUT2D eigenvalue weighted by Crippen LogP contribution is -2.43. The zero-order valence-corrected chi connectivity index (χ0v) is 11.0. The summed E-state index contributed by atoms with van der Waals surface area (Å²) in [6.45, 7) is 8.85. The van der Waals surface area contributed by atoms with E-state index in [1.54, 1.807) is 0 Å². The Bertz CT molecular complexity index is 360. The van der Waals surface area contributed by atoms with Gasteiger partial charge >= 0.3 is 0 Å². The van der Waals surface area contributed by atoms with Crippen LogP contribution in [0.2, 0.25) is 0 Å². The van der Waals surface area contributed by atoms with Gasteiger partial charge in [0.2, 0.25) is 0 Å². The van der Waals surface area contributed by atoms with Crippen molar-refractivity contribution in [3.05, 3.63) is 48.7 Å². The molecule has 1 fully saturated rings. The molecule has 1 heterocycles. The number of nitrogens with zero attached hydrogens (tertiary/aromatic N) is 1. The van der Waals surface area contributed by atoms with Crippen LogP contribution in [0.5, 0.6) is 0 Å². The maximum atomic E-state index is 5.19. The van der Waals surface area contributed by atoms with E-state index in [-0.39, 0.29) is 0 Å². The Morgan fingerprint density at radius 2 is 2.28 bits per heavy atom. The van der Waals surface area contributed by atoms with Crippen LogP contribution in [0.4, 0.5) is 0 Å². The Kier molecular flexibility index (Phi) is 4.79. The Morgan fingerprint density at radius 3 is 2.89 bits per heavy atom. The highest BCUT2D eigenvalue weighted by molar-refractivity contribution is 5.15. The van der Waals surface area contributed by atoms with Gasteiger partial charge in [0.25, 0.3) is 0 Å². The molecule has 2 atom stereocenters. The molecule has 18 heavy (non-hydrogen) atoms. The van der Waals surface area contributed by atoms with Gasteiger partial charge in [0.05, 0.1) is 6.61 Å². The standard InChI is InChI=1S/C15H22N2O/c1-3-17(12-14-7-5-4-6-8-14)13(2)15-9-10-18-16-11-15/h3-8,13,15-16H,1,9-12H2,2H3. The smallest absolute Gasteiger partial charge is 0.0686 e. The molecule has 98 valence electrons. The minimum Gasteiger partial charge on any atom is -0.371 e. The molecule has 1 aliphatic heterocycles. The molecule has 0 aromatic heterocycles. The zero-order valence-electron chi connectivity index (χ0n) is 11.0. The summed E-state index contributed by atoms with van der Waals surface area (Å²) in [4.78, 5) is 7.50. The van der Waals surface area contributed by atoms with Gasteiger partial charge in [-0.1, -0.05) is 36.9 Å². The average molecular weight is 246 g/mol.